The van der Waals surface area contributed by atoms with Crippen molar-refractivity contribution in [2.75, 3.05) is 5.32 Å². The van der Waals surface area contributed by atoms with E-state index in [-0.39, 0.29) is 11.8 Å². The molecule has 1 aliphatic rings. The van der Waals surface area contributed by atoms with E-state index in [1.54, 1.807) is 13.2 Å². The van der Waals surface area contributed by atoms with Gasteiger partial charge in [0.25, 0.3) is 0 Å². The van der Waals surface area contributed by atoms with Gasteiger partial charge in [-0.2, -0.15) is 10.4 Å². The number of benzene rings is 1. The van der Waals surface area contributed by atoms with E-state index in [4.69, 9.17) is 5.26 Å². The van der Waals surface area contributed by atoms with Crippen molar-refractivity contribution in [2.24, 2.45) is 7.05 Å². The van der Waals surface area contributed by atoms with E-state index in [9.17, 15) is 4.79 Å². The summed E-state index contributed by atoms with van der Waals surface area (Å²) in [4.78, 5) is 12.2. The minimum atomic E-state index is -0.134. The molecule has 1 aromatic heterocycles. The van der Waals surface area contributed by atoms with Crippen LogP contribution in [0.5, 0.6) is 0 Å². The van der Waals surface area contributed by atoms with Crippen LogP contribution in [0, 0.1) is 11.3 Å². The molecule has 5 nitrogen and oxygen atoms in total. The molecular formula is C14H12N4O. The number of fused-ring (bicyclic) bond motifs is 1. The molecule has 5 heteroatoms. The Morgan fingerprint density at radius 1 is 1.53 bits per heavy atom. The van der Waals surface area contributed by atoms with E-state index in [1.165, 1.54) is 10.2 Å². The molecule has 1 aliphatic carbocycles. The van der Waals surface area contributed by atoms with E-state index >= 15 is 0 Å². The van der Waals surface area contributed by atoms with E-state index in [1.807, 2.05) is 30.3 Å². The van der Waals surface area contributed by atoms with Gasteiger partial charge in [0.15, 0.2) is 5.82 Å². The quantitative estimate of drug-likeness (QED) is 0.881. The molecule has 3 rings (SSSR count). The fraction of sp³-hybridized carbons (Fsp3) is 0.214. The maximum Gasteiger partial charge on any atom is 0.233 e. The normalized spacial score (nSPS) is 16.1. The van der Waals surface area contributed by atoms with Crippen molar-refractivity contribution in [3.63, 3.8) is 0 Å². The lowest BCUT2D eigenvalue weighted by molar-refractivity contribution is -0.118. The van der Waals surface area contributed by atoms with Crippen LogP contribution in [0.25, 0.3) is 0 Å². The fourth-order valence-electron chi connectivity index (χ4n) is 2.36. The summed E-state index contributed by atoms with van der Waals surface area (Å²) in [6.07, 6.45) is 2.33. The van der Waals surface area contributed by atoms with Gasteiger partial charge in [-0.25, -0.2) is 0 Å². The van der Waals surface area contributed by atoms with Gasteiger partial charge in [-0.15, -0.1) is 0 Å². The van der Waals surface area contributed by atoms with Gasteiger partial charge >= 0.3 is 0 Å². The van der Waals surface area contributed by atoms with Gasteiger partial charge in [0.1, 0.15) is 11.6 Å². The van der Waals surface area contributed by atoms with Gasteiger partial charge in [-0.05, 0) is 17.5 Å². The summed E-state index contributed by atoms with van der Waals surface area (Å²) in [7, 11) is 1.72. The monoisotopic (exact) mass is 252 g/mol. The second-order valence-corrected chi connectivity index (χ2v) is 4.62. The summed E-state index contributed by atoms with van der Waals surface area (Å²) in [6, 6.07) is 9.91. The first-order valence-corrected chi connectivity index (χ1v) is 6.01. The van der Waals surface area contributed by atoms with Crippen LogP contribution >= 0.6 is 0 Å². The largest absolute Gasteiger partial charge is 0.308 e. The summed E-state index contributed by atoms with van der Waals surface area (Å²) in [5.74, 6) is 0.0954. The zero-order valence-electron chi connectivity index (χ0n) is 10.4. The fourth-order valence-corrected chi connectivity index (χ4v) is 2.36. The highest BCUT2D eigenvalue weighted by Gasteiger charge is 2.32. The zero-order chi connectivity index (χ0) is 13.4. The Morgan fingerprint density at radius 3 is 3.05 bits per heavy atom. The van der Waals surface area contributed by atoms with Gasteiger partial charge in [-0.3, -0.25) is 9.48 Å². The van der Waals surface area contributed by atoms with Gasteiger partial charge in [0, 0.05) is 13.2 Å². The molecule has 1 aromatic carbocycles. The van der Waals surface area contributed by atoms with Crippen molar-refractivity contribution in [3.8, 4) is 6.07 Å². The number of hydrogen-bond acceptors (Lipinski definition) is 3. The molecule has 1 heterocycles. The van der Waals surface area contributed by atoms with E-state index in [0.29, 0.717) is 11.4 Å². The van der Waals surface area contributed by atoms with Gasteiger partial charge < -0.3 is 5.32 Å². The highest BCUT2D eigenvalue weighted by molar-refractivity contribution is 5.97. The molecule has 0 spiro atoms. The lowest BCUT2D eigenvalue weighted by Gasteiger charge is -2.28. The van der Waals surface area contributed by atoms with Crippen LogP contribution in [-0.4, -0.2) is 15.7 Å². The molecule has 0 fully saturated rings. The molecule has 19 heavy (non-hydrogen) atoms. The molecule has 0 aliphatic heterocycles. The maximum absolute atomic E-state index is 12.2. The SMILES string of the molecule is Cn1cc(C#N)c(NC(=O)C2Cc3ccccc32)n1. The Balaban J connectivity index is 1.79. The second-order valence-electron chi connectivity index (χ2n) is 4.62. The van der Waals surface area contributed by atoms with Crippen LogP contribution in [0.4, 0.5) is 5.82 Å². The van der Waals surface area contributed by atoms with Crippen LogP contribution < -0.4 is 5.32 Å². The Hall–Kier alpha value is -2.61. The van der Waals surface area contributed by atoms with E-state index in [2.05, 4.69) is 10.4 Å². The average molecular weight is 252 g/mol. The standard InChI is InChI=1S/C14H12N4O/c1-18-8-10(7-15)13(17-18)16-14(19)12-6-9-4-2-3-5-11(9)12/h2-5,8,12H,6H2,1H3,(H,16,17,19). The topological polar surface area (TPSA) is 70.7 Å². The molecule has 0 bridgehead atoms. The van der Waals surface area contributed by atoms with Crippen LogP contribution in [-0.2, 0) is 18.3 Å². The number of aryl methyl sites for hydroxylation is 1. The minimum absolute atomic E-state index is 0.103. The number of rotatable bonds is 2. The van der Waals surface area contributed by atoms with Crippen LogP contribution in [0.2, 0.25) is 0 Å². The Morgan fingerprint density at radius 2 is 2.32 bits per heavy atom. The van der Waals surface area contributed by atoms with Crippen LogP contribution in [0.3, 0.4) is 0 Å². The molecule has 0 radical (unpaired) electrons. The number of carbonyl (C=O) groups is 1. The molecule has 1 atom stereocenters. The van der Waals surface area contributed by atoms with Crippen molar-refractivity contribution in [3.05, 3.63) is 47.2 Å². The first kappa shape index (κ1) is 11.5. The number of aromatic nitrogens is 2. The van der Waals surface area contributed by atoms with Crippen molar-refractivity contribution in [2.45, 2.75) is 12.3 Å². The molecule has 94 valence electrons. The molecule has 1 unspecified atom stereocenters. The van der Waals surface area contributed by atoms with E-state index < -0.39 is 0 Å². The summed E-state index contributed by atoms with van der Waals surface area (Å²) >= 11 is 0. The van der Waals surface area contributed by atoms with Crippen LogP contribution in [0.1, 0.15) is 22.6 Å². The minimum Gasteiger partial charge on any atom is -0.308 e. The third-order valence-corrected chi connectivity index (χ3v) is 3.36. The number of nitrogens with one attached hydrogen (secondary N) is 1. The molecule has 0 saturated carbocycles. The predicted molar refractivity (Wildman–Crippen MR) is 69.4 cm³/mol. The number of hydrogen-bond donors (Lipinski definition) is 1. The van der Waals surface area contributed by atoms with Crippen molar-refractivity contribution in [1.82, 2.24) is 9.78 Å². The highest BCUT2D eigenvalue weighted by atomic mass is 16.2. The zero-order valence-corrected chi connectivity index (χ0v) is 10.4. The third kappa shape index (κ3) is 1.87. The highest BCUT2D eigenvalue weighted by Crippen LogP contribution is 2.35. The van der Waals surface area contributed by atoms with Gasteiger partial charge in [0.2, 0.25) is 5.91 Å². The van der Waals surface area contributed by atoms with Crippen molar-refractivity contribution < 1.29 is 4.79 Å². The van der Waals surface area contributed by atoms with Gasteiger partial charge in [-0.1, -0.05) is 24.3 Å². The predicted octanol–water partition coefficient (Wildman–Crippen LogP) is 1.57. The summed E-state index contributed by atoms with van der Waals surface area (Å²) in [6.45, 7) is 0. The Bertz CT molecular complexity index is 696. The Kier molecular flexibility index (Phi) is 2.57. The molecular weight excluding hydrogens is 240 g/mol. The molecule has 2 aromatic rings. The maximum atomic E-state index is 12.2. The Labute approximate surface area is 110 Å². The number of nitrogens with zero attached hydrogens (tertiary/aromatic N) is 3. The van der Waals surface area contributed by atoms with Crippen molar-refractivity contribution >= 4 is 11.7 Å². The van der Waals surface area contributed by atoms with Crippen molar-refractivity contribution in [1.29, 1.82) is 5.26 Å². The second kappa shape index (κ2) is 4.25. The number of anilines is 1. The summed E-state index contributed by atoms with van der Waals surface area (Å²) in [5, 5.41) is 15.8. The number of amides is 1. The van der Waals surface area contributed by atoms with Crippen LogP contribution in [0.15, 0.2) is 30.5 Å². The summed E-state index contributed by atoms with van der Waals surface area (Å²) in [5.41, 5.74) is 2.65. The third-order valence-electron chi connectivity index (χ3n) is 3.36. The summed E-state index contributed by atoms with van der Waals surface area (Å²) < 4.78 is 1.52. The van der Waals surface area contributed by atoms with Gasteiger partial charge in [0.05, 0.1) is 5.92 Å². The number of carbonyl (C=O) groups excluding carboxylic acids is 1. The first-order chi connectivity index (χ1) is 9.19. The number of nitriles is 1. The lowest BCUT2D eigenvalue weighted by atomic mass is 9.77. The molecule has 0 saturated heterocycles. The average Bonchev–Trinajstić information content (AvgIpc) is 2.71. The molecule has 1 N–H and O–H groups in total. The first-order valence-electron chi connectivity index (χ1n) is 6.01. The smallest absolute Gasteiger partial charge is 0.233 e. The van der Waals surface area contributed by atoms with E-state index in [0.717, 1.165) is 12.0 Å². The lowest BCUT2D eigenvalue weighted by Crippen LogP contribution is -2.30. The molecule has 1 amide bonds.